The molecule has 0 aromatic heterocycles. The quantitative estimate of drug-likeness (QED) is 0.700. The van der Waals surface area contributed by atoms with E-state index in [1.807, 2.05) is 12.3 Å². The van der Waals surface area contributed by atoms with Crippen LogP contribution in [0.4, 0.5) is 0 Å². The van der Waals surface area contributed by atoms with Crippen molar-refractivity contribution in [2.24, 2.45) is 16.1 Å². The Kier molecular flexibility index (Phi) is 2.70. The van der Waals surface area contributed by atoms with Crippen LogP contribution in [-0.4, -0.2) is 43.8 Å². The predicted molar refractivity (Wildman–Crippen MR) is 59.6 cm³/mol. The fourth-order valence-electron chi connectivity index (χ4n) is 2.69. The summed E-state index contributed by atoms with van der Waals surface area (Å²) in [6.45, 7) is 2.76. The van der Waals surface area contributed by atoms with Crippen LogP contribution in [0.25, 0.3) is 0 Å². The van der Waals surface area contributed by atoms with Gasteiger partial charge in [-0.15, -0.1) is 0 Å². The third-order valence-electron chi connectivity index (χ3n) is 3.57. The van der Waals surface area contributed by atoms with Crippen LogP contribution >= 0.6 is 0 Å². The van der Waals surface area contributed by atoms with Crippen molar-refractivity contribution in [3.8, 4) is 0 Å². The summed E-state index contributed by atoms with van der Waals surface area (Å²) < 4.78 is 0. The van der Waals surface area contributed by atoms with Gasteiger partial charge in [-0.2, -0.15) is 0 Å². The molecule has 0 aliphatic carbocycles. The van der Waals surface area contributed by atoms with E-state index in [2.05, 4.69) is 23.0 Å². The molecule has 2 heterocycles. The molecule has 2 atom stereocenters. The van der Waals surface area contributed by atoms with Crippen LogP contribution in [0, 0.1) is 5.41 Å². The van der Waals surface area contributed by atoms with Crippen molar-refractivity contribution in [2.45, 2.75) is 18.9 Å². The zero-order valence-electron chi connectivity index (χ0n) is 8.82. The Hall–Kier alpha value is -0.670. The van der Waals surface area contributed by atoms with Gasteiger partial charge < -0.3 is 10.6 Å². The molecule has 0 aromatic carbocycles. The van der Waals surface area contributed by atoms with Gasteiger partial charge in [-0.1, -0.05) is 6.08 Å². The maximum absolute atomic E-state index is 5.93. The number of dihydropyridines is 1. The maximum Gasteiger partial charge on any atom is 0.0507 e. The smallest absolute Gasteiger partial charge is 0.0507 e. The fraction of sp³-hybridized carbons (Fsp3) is 0.727. The monoisotopic (exact) mass is 193 g/mol. The van der Waals surface area contributed by atoms with E-state index in [-0.39, 0.29) is 5.41 Å². The van der Waals surface area contributed by atoms with Crippen LogP contribution in [0.15, 0.2) is 17.1 Å². The molecule has 14 heavy (non-hydrogen) atoms. The highest BCUT2D eigenvalue weighted by Crippen LogP contribution is 2.34. The molecule has 0 bridgehead atoms. The van der Waals surface area contributed by atoms with Gasteiger partial charge in [-0.05, 0) is 32.5 Å². The topological polar surface area (TPSA) is 41.6 Å². The van der Waals surface area contributed by atoms with Crippen molar-refractivity contribution < 1.29 is 0 Å². The lowest BCUT2D eigenvalue weighted by molar-refractivity contribution is 0.174. The van der Waals surface area contributed by atoms with Crippen LogP contribution in [0.2, 0.25) is 0 Å². The van der Waals surface area contributed by atoms with E-state index in [9.17, 15) is 0 Å². The average Bonchev–Trinajstić information content (AvgIpc) is 2.66. The van der Waals surface area contributed by atoms with Crippen molar-refractivity contribution in [1.29, 1.82) is 0 Å². The van der Waals surface area contributed by atoms with E-state index < -0.39 is 0 Å². The van der Waals surface area contributed by atoms with E-state index >= 15 is 0 Å². The van der Waals surface area contributed by atoms with Crippen LogP contribution < -0.4 is 5.73 Å². The standard InChI is InChI=1S/C11H19N3/c1-14-7-2-4-10(14)11(8-12)5-3-6-13-9-11/h3,5-6,10H,2,4,7-9,12H2,1H3/t10?,11-/m1/s1. The lowest BCUT2D eigenvalue weighted by atomic mass is 9.77. The van der Waals surface area contributed by atoms with Crippen molar-refractivity contribution in [3.05, 3.63) is 12.2 Å². The van der Waals surface area contributed by atoms with Crippen molar-refractivity contribution in [3.63, 3.8) is 0 Å². The predicted octanol–water partition coefficient (Wildman–Crippen LogP) is 0.666. The highest BCUT2D eigenvalue weighted by molar-refractivity contribution is 5.72. The van der Waals surface area contributed by atoms with Crippen molar-refractivity contribution in [1.82, 2.24) is 4.90 Å². The molecule has 0 radical (unpaired) electrons. The minimum absolute atomic E-state index is 0.0972. The molecule has 2 aliphatic heterocycles. The number of aliphatic imine (C=N–C) groups is 1. The van der Waals surface area contributed by atoms with Gasteiger partial charge in [0.2, 0.25) is 0 Å². The second-order valence-corrected chi connectivity index (χ2v) is 4.42. The Bertz CT molecular complexity index is 259. The van der Waals surface area contributed by atoms with Crippen molar-refractivity contribution >= 4 is 6.21 Å². The van der Waals surface area contributed by atoms with Crippen LogP contribution in [0.3, 0.4) is 0 Å². The number of hydrogen-bond donors (Lipinski definition) is 1. The van der Waals surface area contributed by atoms with Crippen LogP contribution in [-0.2, 0) is 0 Å². The van der Waals surface area contributed by atoms with Gasteiger partial charge in [-0.25, -0.2) is 0 Å². The average molecular weight is 193 g/mol. The number of nitrogens with two attached hydrogens (primary N) is 1. The molecule has 1 saturated heterocycles. The summed E-state index contributed by atoms with van der Waals surface area (Å²) in [4.78, 5) is 6.79. The molecule has 0 aromatic rings. The largest absolute Gasteiger partial charge is 0.329 e. The Morgan fingerprint density at radius 3 is 3.00 bits per heavy atom. The van der Waals surface area contributed by atoms with Gasteiger partial charge >= 0.3 is 0 Å². The lowest BCUT2D eigenvalue weighted by Crippen LogP contribution is -2.48. The Balaban J connectivity index is 2.19. The third-order valence-corrected chi connectivity index (χ3v) is 3.57. The molecule has 0 saturated carbocycles. The van der Waals surface area contributed by atoms with Gasteiger partial charge in [0.05, 0.1) is 6.54 Å². The molecule has 3 heteroatoms. The minimum atomic E-state index is 0.0972. The zero-order valence-corrected chi connectivity index (χ0v) is 8.82. The molecular weight excluding hydrogens is 174 g/mol. The molecule has 0 amide bonds. The van der Waals surface area contributed by atoms with Gasteiger partial charge in [0.15, 0.2) is 0 Å². The molecule has 2 rings (SSSR count). The molecule has 1 fully saturated rings. The van der Waals surface area contributed by atoms with Crippen LogP contribution in [0.1, 0.15) is 12.8 Å². The van der Waals surface area contributed by atoms with E-state index in [1.54, 1.807) is 0 Å². The summed E-state index contributed by atoms with van der Waals surface area (Å²) >= 11 is 0. The lowest BCUT2D eigenvalue weighted by Gasteiger charge is -2.39. The molecule has 3 nitrogen and oxygen atoms in total. The Morgan fingerprint density at radius 2 is 2.50 bits per heavy atom. The number of allylic oxidation sites excluding steroid dienone is 1. The summed E-state index contributed by atoms with van der Waals surface area (Å²) in [5.74, 6) is 0. The number of rotatable bonds is 2. The van der Waals surface area contributed by atoms with Gasteiger partial charge in [-0.3, -0.25) is 4.99 Å². The molecule has 78 valence electrons. The first-order chi connectivity index (χ1) is 6.78. The number of hydrogen-bond acceptors (Lipinski definition) is 3. The number of nitrogens with zero attached hydrogens (tertiary/aromatic N) is 2. The SMILES string of the molecule is CN1CCCC1[C@@]1(CN)C=CC=NC1. The summed E-state index contributed by atoms with van der Waals surface area (Å²) in [6, 6.07) is 0.584. The maximum atomic E-state index is 5.93. The van der Waals surface area contributed by atoms with Gasteiger partial charge in [0, 0.05) is 24.2 Å². The third kappa shape index (κ3) is 1.51. The van der Waals surface area contributed by atoms with Gasteiger partial charge in [0.1, 0.15) is 0 Å². The van der Waals surface area contributed by atoms with E-state index in [0.29, 0.717) is 12.6 Å². The second kappa shape index (κ2) is 3.83. The Labute approximate surface area is 85.7 Å². The van der Waals surface area contributed by atoms with Crippen molar-refractivity contribution in [2.75, 3.05) is 26.7 Å². The first-order valence-corrected chi connectivity index (χ1v) is 5.36. The number of likely N-dealkylation sites (tertiary alicyclic amines) is 1. The summed E-state index contributed by atoms with van der Waals surface area (Å²) in [6.07, 6.45) is 8.73. The minimum Gasteiger partial charge on any atom is -0.329 e. The normalized spacial score (nSPS) is 38.0. The summed E-state index contributed by atoms with van der Waals surface area (Å²) in [5.41, 5.74) is 6.03. The highest BCUT2D eigenvalue weighted by Gasteiger charge is 2.40. The molecular formula is C11H19N3. The fourth-order valence-corrected chi connectivity index (χ4v) is 2.69. The first kappa shape index (κ1) is 9.87. The summed E-state index contributed by atoms with van der Waals surface area (Å²) in [5, 5.41) is 0. The van der Waals surface area contributed by atoms with Crippen LogP contribution in [0.5, 0.6) is 0 Å². The van der Waals surface area contributed by atoms with Gasteiger partial charge in [0.25, 0.3) is 0 Å². The second-order valence-electron chi connectivity index (χ2n) is 4.42. The molecule has 2 N–H and O–H groups in total. The Morgan fingerprint density at radius 1 is 1.64 bits per heavy atom. The first-order valence-electron chi connectivity index (χ1n) is 5.36. The highest BCUT2D eigenvalue weighted by atomic mass is 15.2. The zero-order chi connectivity index (χ0) is 10.0. The molecule has 2 aliphatic rings. The molecule has 0 spiro atoms. The van der Waals surface area contributed by atoms with E-state index in [1.165, 1.54) is 19.4 Å². The van der Waals surface area contributed by atoms with E-state index in [0.717, 1.165) is 6.54 Å². The molecule has 1 unspecified atom stereocenters. The van der Waals surface area contributed by atoms with E-state index in [4.69, 9.17) is 5.73 Å². The summed E-state index contributed by atoms with van der Waals surface area (Å²) in [7, 11) is 2.20.